The first kappa shape index (κ1) is 16.6. The Kier molecular flexibility index (Phi) is 5.22. The quantitative estimate of drug-likeness (QED) is 0.915. The molecule has 1 N–H and O–H groups in total. The van der Waals surface area contributed by atoms with E-state index in [-0.39, 0.29) is 0 Å². The molecule has 24 heavy (non-hydrogen) atoms. The summed E-state index contributed by atoms with van der Waals surface area (Å²) in [7, 11) is 1.93. The van der Waals surface area contributed by atoms with Crippen LogP contribution < -0.4 is 0 Å². The van der Waals surface area contributed by atoms with Crippen LogP contribution in [-0.2, 0) is 20.0 Å². The van der Waals surface area contributed by atoms with Crippen molar-refractivity contribution < 1.29 is 5.11 Å². The molecule has 0 amide bonds. The SMILES string of the molecule is Cn1cc(CN2CCCCC2CCc2cccc(O)c2)cc1C#N. The number of hydrogen-bond acceptors (Lipinski definition) is 3. The van der Waals surface area contributed by atoms with Crippen molar-refractivity contribution in [1.82, 2.24) is 9.47 Å². The van der Waals surface area contributed by atoms with Crippen LogP contribution in [0.1, 0.15) is 42.5 Å². The second-order valence-corrected chi connectivity index (χ2v) is 6.78. The highest BCUT2D eigenvalue weighted by Gasteiger charge is 2.22. The lowest BCUT2D eigenvalue weighted by Gasteiger charge is -2.35. The zero-order chi connectivity index (χ0) is 16.9. The largest absolute Gasteiger partial charge is 0.508 e. The molecule has 126 valence electrons. The molecule has 1 aromatic heterocycles. The molecule has 1 fully saturated rings. The Hall–Kier alpha value is -2.25. The van der Waals surface area contributed by atoms with Crippen LogP contribution in [0.5, 0.6) is 5.75 Å². The summed E-state index contributed by atoms with van der Waals surface area (Å²) in [5, 5.41) is 18.7. The zero-order valence-electron chi connectivity index (χ0n) is 14.3. The van der Waals surface area contributed by atoms with Gasteiger partial charge in [-0.3, -0.25) is 4.90 Å². The Labute approximate surface area is 143 Å². The van der Waals surface area contributed by atoms with E-state index < -0.39 is 0 Å². The summed E-state index contributed by atoms with van der Waals surface area (Å²) in [5.74, 6) is 0.348. The Morgan fingerprint density at radius 3 is 2.88 bits per heavy atom. The summed E-state index contributed by atoms with van der Waals surface area (Å²) in [6, 6.07) is 12.4. The van der Waals surface area contributed by atoms with Crippen LogP contribution in [0.15, 0.2) is 36.5 Å². The highest BCUT2D eigenvalue weighted by Crippen LogP contribution is 2.24. The first-order valence-corrected chi connectivity index (χ1v) is 8.73. The molecule has 4 nitrogen and oxygen atoms in total. The van der Waals surface area contributed by atoms with E-state index >= 15 is 0 Å². The third-order valence-electron chi connectivity index (χ3n) is 4.99. The fourth-order valence-electron chi connectivity index (χ4n) is 3.71. The van der Waals surface area contributed by atoms with Crippen LogP contribution in [0.25, 0.3) is 0 Å². The minimum Gasteiger partial charge on any atom is -0.508 e. The zero-order valence-corrected chi connectivity index (χ0v) is 14.3. The number of likely N-dealkylation sites (tertiary alicyclic amines) is 1. The number of phenols is 1. The van der Waals surface area contributed by atoms with Crippen molar-refractivity contribution in [1.29, 1.82) is 5.26 Å². The van der Waals surface area contributed by atoms with Gasteiger partial charge in [-0.2, -0.15) is 5.26 Å². The molecule has 0 aliphatic carbocycles. The molecule has 1 unspecified atom stereocenters. The van der Waals surface area contributed by atoms with Gasteiger partial charge in [0.25, 0.3) is 0 Å². The smallest absolute Gasteiger partial charge is 0.120 e. The highest BCUT2D eigenvalue weighted by atomic mass is 16.3. The van der Waals surface area contributed by atoms with Gasteiger partial charge in [-0.1, -0.05) is 18.6 Å². The van der Waals surface area contributed by atoms with E-state index in [2.05, 4.69) is 23.2 Å². The second-order valence-electron chi connectivity index (χ2n) is 6.78. The summed E-state index contributed by atoms with van der Waals surface area (Å²) in [5.41, 5.74) is 3.14. The Morgan fingerprint density at radius 1 is 1.25 bits per heavy atom. The summed E-state index contributed by atoms with van der Waals surface area (Å²) in [6.45, 7) is 2.04. The molecule has 1 atom stereocenters. The lowest BCUT2D eigenvalue weighted by Crippen LogP contribution is -2.39. The highest BCUT2D eigenvalue weighted by molar-refractivity contribution is 5.29. The third-order valence-corrected chi connectivity index (χ3v) is 4.99. The van der Waals surface area contributed by atoms with E-state index in [0.717, 1.165) is 31.6 Å². The van der Waals surface area contributed by atoms with Crippen LogP contribution in [0.4, 0.5) is 0 Å². The maximum atomic E-state index is 9.61. The van der Waals surface area contributed by atoms with Crippen LogP contribution in [-0.4, -0.2) is 27.2 Å². The molecule has 2 heterocycles. The van der Waals surface area contributed by atoms with Gasteiger partial charge in [0, 0.05) is 25.8 Å². The second kappa shape index (κ2) is 7.55. The van der Waals surface area contributed by atoms with Crippen LogP contribution in [0.3, 0.4) is 0 Å². The van der Waals surface area contributed by atoms with Gasteiger partial charge in [-0.25, -0.2) is 0 Å². The standard InChI is InChI=1S/C20H25N3O/c1-22-14-17(11-19(22)13-21)15-23-10-3-2-6-18(23)9-8-16-5-4-7-20(24)12-16/h4-5,7,11-12,14,18,24H,2-3,6,8-10,15H2,1H3. The molecule has 0 radical (unpaired) electrons. The molecule has 2 aromatic rings. The predicted octanol–water partition coefficient (Wildman–Crippen LogP) is 3.59. The number of hydrogen-bond donors (Lipinski definition) is 1. The topological polar surface area (TPSA) is 52.2 Å². The maximum absolute atomic E-state index is 9.61. The molecule has 1 aliphatic rings. The molecular weight excluding hydrogens is 298 g/mol. The van der Waals surface area contributed by atoms with E-state index in [0.29, 0.717) is 11.8 Å². The fourth-order valence-corrected chi connectivity index (χ4v) is 3.71. The summed E-state index contributed by atoms with van der Waals surface area (Å²) in [6.07, 6.45) is 7.95. The average molecular weight is 323 g/mol. The molecule has 1 aromatic carbocycles. The van der Waals surface area contributed by atoms with Gasteiger partial charge in [-0.15, -0.1) is 0 Å². The fraction of sp³-hybridized carbons (Fsp3) is 0.450. The van der Waals surface area contributed by atoms with E-state index in [9.17, 15) is 5.11 Å². The normalized spacial score (nSPS) is 18.4. The van der Waals surface area contributed by atoms with Crippen molar-refractivity contribution in [3.63, 3.8) is 0 Å². The van der Waals surface area contributed by atoms with Crippen LogP contribution in [0.2, 0.25) is 0 Å². The number of aryl methyl sites for hydroxylation is 2. The van der Waals surface area contributed by atoms with Crippen LogP contribution >= 0.6 is 0 Å². The molecule has 4 heteroatoms. The van der Waals surface area contributed by atoms with Crippen molar-refractivity contribution in [2.24, 2.45) is 7.05 Å². The molecule has 0 saturated carbocycles. The molecule has 1 saturated heterocycles. The Balaban J connectivity index is 1.63. The third kappa shape index (κ3) is 3.98. The minimum atomic E-state index is 0.348. The van der Waals surface area contributed by atoms with E-state index in [1.807, 2.05) is 29.8 Å². The van der Waals surface area contributed by atoms with Gasteiger partial charge in [0.1, 0.15) is 17.5 Å². The van der Waals surface area contributed by atoms with Gasteiger partial charge >= 0.3 is 0 Å². The van der Waals surface area contributed by atoms with Crippen molar-refractivity contribution in [2.45, 2.75) is 44.7 Å². The lowest BCUT2D eigenvalue weighted by molar-refractivity contribution is 0.132. The van der Waals surface area contributed by atoms with Crippen molar-refractivity contribution in [3.8, 4) is 11.8 Å². The number of nitriles is 1. The number of phenolic OH excluding ortho intramolecular Hbond substituents is 1. The number of aromatic hydroxyl groups is 1. The van der Waals surface area contributed by atoms with Gasteiger partial charge in [0.15, 0.2) is 0 Å². The summed E-state index contributed by atoms with van der Waals surface area (Å²) < 4.78 is 1.90. The van der Waals surface area contributed by atoms with Gasteiger partial charge in [-0.05, 0) is 61.6 Å². The van der Waals surface area contributed by atoms with Gasteiger partial charge in [0.05, 0.1) is 0 Å². The number of nitrogens with zero attached hydrogens (tertiary/aromatic N) is 3. The summed E-state index contributed by atoms with van der Waals surface area (Å²) in [4.78, 5) is 2.56. The minimum absolute atomic E-state index is 0.348. The van der Waals surface area contributed by atoms with Gasteiger partial charge in [0.2, 0.25) is 0 Å². The first-order valence-electron chi connectivity index (χ1n) is 8.73. The van der Waals surface area contributed by atoms with Crippen molar-refractivity contribution in [2.75, 3.05) is 6.54 Å². The molecule has 1 aliphatic heterocycles. The molecule has 0 spiro atoms. The first-order chi connectivity index (χ1) is 11.7. The molecule has 3 rings (SSSR count). The monoisotopic (exact) mass is 323 g/mol. The molecular formula is C20H25N3O. The number of rotatable bonds is 5. The van der Waals surface area contributed by atoms with E-state index in [1.165, 1.54) is 30.4 Å². The maximum Gasteiger partial charge on any atom is 0.120 e. The predicted molar refractivity (Wildman–Crippen MR) is 94.6 cm³/mol. The summed E-state index contributed by atoms with van der Waals surface area (Å²) >= 11 is 0. The Morgan fingerprint density at radius 2 is 2.12 bits per heavy atom. The van der Waals surface area contributed by atoms with Crippen LogP contribution in [0, 0.1) is 11.3 Å². The van der Waals surface area contributed by atoms with E-state index in [4.69, 9.17) is 5.26 Å². The van der Waals surface area contributed by atoms with Crippen molar-refractivity contribution >= 4 is 0 Å². The average Bonchev–Trinajstić information content (AvgIpc) is 2.94. The number of piperidine rings is 1. The number of benzene rings is 1. The van der Waals surface area contributed by atoms with Crippen molar-refractivity contribution in [3.05, 3.63) is 53.3 Å². The lowest BCUT2D eigenvalue weighted by atomic mass is 9.95. The van der Waals surface area contributed by atoms with Gasteiger partial charge < -0.3 is 9.67 Å². The number of aromatic nitrogens is 1. The van der Waals surface area contributed by atoms with E-state index in [1.54, 1.807) is 6.07 Å². The molecule has 0 bridgehead atoms. The Bertz CT molecular complexity index is 729.